The van der Waals surface area contributed by atoms with E-state index in [4.69, 9.17) is 10.00 Å². The van der Waals surface area contributed by atoms with Gasteiger partial charge in [0, 0.05) is 37.3 Å². The van der Waals surface area contributed by atoms with Gasteiger partial charge in [0.2, 0.25) is 0 Å². The second-order valence-corrected chi connectivity index (χ2v) is 8.23. The van der Waals surface area contributed by atoms with E-state index in [0.29, 0.717) is 43.3 Å². The third kappa shape index (κ3) is 5.12. The smallest absolute Gasteiger partial charge is 0.254 e. The van der Waals surface area contributed by atoms with Gasteiger partial charge in [-0.3, -0.25) is 9.59 Å². The summed E-state index contributed by atoms with van der Waals surface area (Å²) in [6, 6.07) is 16.9. The first-order valence-corrected chi connectivity index (χ1v) is 10.9. The first-order valence-electron chi connectivity index (χ1n) is 10.9. The molecule has 0 N–H and O–H groups in total. The first-order chi connectivity index (χ1) is 15.1. The Kier molecular flexibility index (Phi) is 6.63. The zero-order valence-electron chi connectivity index (χ0n) is 17.6. The largest absolute Gasteiger partial charge is 0.378 e. The number of ether oxygens (including phenoxy) is 1. The Bertz CT molecular complexity index is 966. The molecule has 31 heavy (non-hydrogen) atoms. The van der Waals surface area contributed by atoms with Crippen molar-refractivity contribution in [2.75, 3.05) is 39.4 Å². The van der Waals surface area contributed by atoms with Crippen molar-refractivity contribution in [1.29, 1.82) is 5.26 Å². The van der Waals surface area contributed by atoms with Crippen molar-refractivity contribution in [1.82, 2.24) is 9.80 Å². The number of carbonyl (C=O) groups is 2. The van der Waals surface area contributed by atoms with Crippen LogP contribution in [0.1, 0.15) is 44.7 Å². The van der Waals surface area contributed by atoms with Gasteiger partial charge in [0.1, 0.15) is 0 Å². The number of likely N-dealkylation sites (tertiary alicyclic amines) is 1. The van der Waals surface area contributed by atoms with Crippen molar-refractivity contribution in [2.45, 2.75) is 19.3 Å². The lowest BCUT2D eigenvalue weighted by atomic mass is 9.89. The number of nitrogens with zero attached hydrogens (tertiary/aromatic N) is 3. The molecule has 2 aromatic carbocycles. The first kappa shape index (κ1) is 21.1. The van der Waals surface area contributed by atoms with Crippen LogP contribution in [0.5, 0.6) is 0 Å². The van der Waals surface area contributed by atoms with Crippen LogP contribution in [0, 0.1) is 17.2 Å². The minimum atomic E-state index is 0.00141. The lowest BCUT2D eigenvalue weighted by Crippen LogP contribution is -2.40. The van der Waals surface area contributed by atoms with Crippen LogP contribution in [0.4, 0.5) is 0 Å². The zero-order valence-corrected chi connectivity index (χ0v) is 17.6. The summed E-state index contributed by atoms with van der Waals surface area (Å²) in [5.41, 5.74) is 3.05. The molecule has 0 saturated carbocycles. The molecule has 2 fully saturated rings. The van der Waals surface area contributed by atoms with Gasteiger partial charge in [0.15, 0.2) is 0 Å². The van der Waals surface area contributed by atoms with Crippen LogP contribution in [-0.2, 0) is 11.2 Å². The molecule has 6 heteroatoms. The molecule has 2 aliphatic rings. The Balaban J connectivity index is 1.29. The highest BCUT2D eigenvalue weighted by atomic mass is 16.5. The number of rotatable bonds is 4. The summed E-state index contributed by atoms with van der Waals surface area (Å²) in [5, 5.41) is 9.04. The number of hydrogen-bond acceptors (Lipinski definition) is 4. The normalized spacial score (nSPS) is 17.3. The van der Waals surface area contributed by atoms with Crippen LogP contribution < -0.4 is 0 Å². The summed E-state index contributed by atoms with van der Waals surface area (Å²) >= 11 is 0. The Labute approximate surface area is 183 Å². The summed E-state index contributed by atoms with van der Waals surface area (Å²) in [6.07, 6.45) is 2.87. The molecular formula is C25H27N3O3. The van der Waals surface area contributed by atoms with Gasteiger partial charge in [0.25, 0.3) is 11.8 Å². The molecule has 0 bridgehead atoms. The summed E-state index contributed by atoms with van der Waals surface area (Å²) in [5.74, 6) is 0.596. The number of morpholine rings is 1. The quantitative estimate of drug-likeness (QED) is 0.766. The molecule has 0 unspecified atom stereocenters. The molecule has 2 heterocycles. The molecule has 2 saturated heterocycles. The number of nitriles is 1. The van der Waals surface area contributed by atoms with Crippen LogP contribution >= 0.6 is 0 Å². The van der Waals surface area contributed by atoms with Crippen LogP contribution in [0.25, 0.3) is 0 Å². The monoisotopic (exact) mass is 417 g/mol. The molecule has 0 aliphatic carbocycles. The van der Waals surface area contributed by atoms with Gasteiger partial charge in [-0.2, -0.15) is 5.26 Å². The molecule has 0 aromatic heterocycles. The molecule has 4 rings (SSSR count). The summed E-state index contributed by atoms with van der Waals surface area (Å²) < 4.78 is 5.32. The molecule has 0 spiro atoms. The fourth-order valence-electron chi connectivity index (χ4n) is 4.31. The van der Waals surface area contributed by atoms with Crippen molar-refractivity contribution < 1.29 is 14.3 Å². The Morgan fingerprint density at radius 2 is 1.55 bits per heavy atom. The third-order valence-electron chi connectivity index (χ3n) is 6.16. The molecular weight excluding hydrogens is 390 g/mol. The number of piperidine rings is 1. The maximum absolute atomic E-state index is 12.7. The number of hydrogen-bond donors (Lipinski definition) is 0. The summed E-state index contributed by atoms with van der Waals surface area (Å²) in [7, 11) is 0. The van der Waals surface area contributed by atoms with Gasteiger partial charge in [-0.05, 0) is 61.1 Å². The highest BCUT2D eigenvalue weighted by molar-refractivity contribution is 5.95. The fourth-order valence-corrected chi connectivity index (χ4v) is 4.31. The van der Waals surface area contributed by atoms with Crippen LogP contribution in [0.15, 0.2) is 48.5 Å². The standard InChI is InChI=1S/C25H27N3O3/c26-18-21-2-1-3-23(17-21)25(30)27-10-8-20(9-11-27)16-19-4-6-22(7-5-19)24(29)28-12-14-31-15-13-28/h1-7,17,20H,8-16H2. The van der Waals surface area contributed by atoms with E-state index in [1.165, 1.54) is 5.56 Å². The van der Waals surface area contributed by atoms with Crippen LogP contribution in [0.3, 0.4) is 0 Å². The minimum Gasteiger partial charge on any atom is -0.378 e. The van der Waals surface area contributed by atoms with Gasteiger partial charge in [-0.1, -0.05) is 18.2 Å². The predicted molar refractivity (Wildman–Crippen MR) is 117 cm³/mol. The van der Waals surface area contributed by atoms with Gasteiger partial charge < -0.3 is 14.5 Å². The average molecular weight is 418 g/mol. The highest BCUT2D eigenvalue weighted by Gasteiger charge is 2.24. The average Bonchev–Trinajstić information content (AvgIpc) is 2.84. The SMILES string of the molecule is N#Cc1cccc(C(=O)N2CCC(Cc3ccc(C(=O)N4CCOCC4)cc3)CC2)c1. The maximum Gasteiger partial charge on any atom is 0.254 e. The molecule has 0 radical (unpaired) electrons. The van der Waals surface area contributed by atoms with Gasteiger partial charge in [0.05, 0.1) is 24.8 Å². The molecule has 2 amide bonds. The molecule has 2 aliphatic heterocycles. The van der Waals surface area contributed by atoms with Crippen LogP contribution in [0.2, 0.25) is 0 Å². The number of carbonyl (C=O) groups excluding carboxylic acids is 2. The molecule has 2 aromatic rings. The van der Waals surface area contributed by atoms with E-state index < -0.39 is 0 Å². The van der Waals surface area contributed by atoms with E-state index in [2.05, 4.69) is 18.2 Å². The molecule has 6 nitrogen and oxygen atoms in total. The second-order valence-electron chi connectivity index (χ2n) is 8.23. The summed E-state index contributed by atoms with van der Waals surface area (Å²) in [6.45, 7) is 3.97. The summed E-state index contributed by atoms with van der Waals surface area (Å²) in [4.78, 5) is 29.0. The van der Waals surface area contributed by atoms with Crippen LogP contribution in [-0.4, -0.2) is 61.0 Å². The fraction of sp³-hybridized carbons (Fsp3) is 0.400. The Morgan fingerprint density at radius 1 is 0.903 bits per heavy atom. The lowest BCUT2D eigenvalue weighted by molar-refractivity contribution is 0.0303. The Morgan fingerprint density at radius 3 is 2.23 bits per heavy atom. The maximum atomic E-state index is 12.7. The van der Waals surface area contributed by atoms with Gasteiger partial charge >= 0.3 is 0 Å². The van der Waals surface area contributed by atoms with Crippen molar-refractivity contribution in [3.05, 3.63) is 70.8 Å². The van der Waals surface area contributed by atoms with Crippen molar-refractivity contribution >= 4 is 11.8 Å². The van der Waals surface area contributed by atoms with E-state index in [0.717, 1.165) is 37.9 Å². The van der Waals surface area contributed by atoms with Crippen molar-refractivity contribution in [3.8, 4) is 6.07 Å². The highest BCUT2D eigenvalue weighted by Crippen LogP contribution is 2.23. The topological polar surface area (TPSA) is 73.6 Å². The van der Waals surface area contributed by atoms with Gasteiger partial charge in [-0.25, -0.2) is 0 Å². The van der Waals surface area contributed by atoms with Crippen molar-refractivity contribution in [2.24, 2.45) is 5.92 Å². The second kappa shape index (κ2) is 9.76. The van der Waals surface area contributed by atoms with Gasteiger partial charge in [-0.15, -0.1) is 0 Å². The Hall–Kier alpha value is -3.17. The minimum absolute atomic E-state index is 0.00141. The van der Waals surface area contributed by atoms with E-state index >= 15 is 0 Å². The van der Waals surface area contributed by atoms with Crippen molar-refractivity contribution in [3.63, 3.8) is 0 Å². The molecule has 0 atom stereocenters. The third-order valence-corrected chi connectivity index (χ3v) is 6.16. The zero-order chi connectivity index (χ0) is 21.6. The van der Waals surface area contributed by atoms with E-state index in [9.17, 15) is 9.59 Å². The van der Waals surface area contributed by atoms with E-state index in [1.54, 1.807) is 24.3 Å². The lowest BCUT2D eigenvalue weighted by Gasteiger charge is -2.32. The van der Waals surface area contributed by atoms with E-state index in [-0.39, 0.29) is 11.8 Å². The molecule has 160 valence electrons. The number of benzene rings is 2. The number of amides is 2. The predicted octanol–water partition coefficient (Wildman–Crippen LogP) is 3.13. The van der Waals surface area contributed by atoms with E-state index in [1.807, 2.05) is 21.9 Å².